The fraction of sp³-hybridized carbons (Fsp3) is 0.412. The van der Waals surface area contributed by atoms with Crippen LogP contribution in [0.1, 0.15) is 29.8 Å². The van der Waals surface area contributed by atoms with Crippen LogP contribution in [-0.4, -0.2) is 37.4 Å². The van der Waals surface area contributed by atoms with Gasteiger partial charge in [-0.15, -0.1) is 0 Å². The minimum atomic E-state index is -5.05. The van der Waals surface area contributed by atoms with Crippen molar-refractivity contribution < 1.29 is 50.1 Å². The molecule has 0 heterocycles. The average Bonchev–Trinajstić information content (AvgIpc) is 2.55. The summed E-state index contributed by atoms with van der Waals surface area (Å²) in [6.07, 6.45) is -10.2. The van der Waals surface area contributed by atoms with Gasteiger partial charge in [-0.05, 0) is 32.0 Å². The molecule has 0 aliphatic carbocycles. The lowest BCUT2D eigenvalue weighted by molar-refractivity contribution is -0.161. The molecule has 156 valence electrons. The molecular formula is C17H16F6O5. The minimum Gasteiger partial charge on any atom is -0.452 e. The van der Waals surface area contributed by atoms with E-state index >= 15 is 0 Å². The fourth-order valence-electron chi connectivity index (χ4n) is 1.73. The topological polar surface area (TPSA) is 61.8 Å². The predicted octanol–water partition coefficient (Wildman–Crippen LogP) is 4.31. The number of hydrogen-bond acceptors (Lipinski definition) is 5. The van der Waals surface area contributed by atoms with Crippen LogP contribution in [0.5, 0.6) is 5.75 Å². The molecule has 0 radical (unpaired) electrons. The van der Waals surface area contributed by atoms with Gasteiger partial charge < -0.3 is 14.2 Å². The van der Waals surface area contributed by atoms with Crippen LogP contribution in [0, 0.1) is 0 Å². The maximum Gasteiger partial charge on any atom is 0.422 e. The van der Waals surface area contributed by atoms with Crippen LogP contribution in [0.15, 0.2) is 30.4 Å². The van der Waals surface area contributed by atoms with Crippen molar-refractivity contribution in [2.24, 2.45) is 0 Å². The molecule has 0 aliphatic heterocycles. The fourth-order valence-corrected chi connectivity index (χ4v) is 1.73. The summed E-state index contributed by atoms with van der Waals surface area (Å²) in [6, 6.07) is 1.59. The Hall–Kier alpha value is -2.56. The van der Waals surface area contributed by atoms with Crippen molar-refractivity contribution in [3.05, 3.63) is 41.5 Å². The Balaban J connectivity index is 3.05. The van der Waals surface area contributed by atoms with E-state index < -0.39 is 47.8 Å². The van der Waals surface area contributed by atoms with Gasteiger partial charge in [0.1, 0.15) is 5.75 Å². The van der Waals surface area contributed by atoms with E-state index in [9.17, 15) is 35.9 Å². The number of carbonyl (C=O) groups is 2. The normalized spacial score (nSPS) is 12.0. The van der Waals surface area contributed by atoms with Crippen LogP contribution in [0.4, 0.5) is 26.3 Å². The summed E-state index contributed by atoms with van der Waals surface area (Å²) in [5.74, 6) is -3.43. The summed E-state index contributed by atoms with van der Waals surface area (Å²) in [5, 5.41) is 0. The van der Waals surface area contributed by atoms with E-state index in [1.165, 1.54) is 0 Å². The Bertz CT molecular complexity index is 737. The third-order valence-corrected chi connectivity index (χ3v) is 2.97. The molecular weight excluding hydrogens is 398 g/mol. The lowest BCUT2D eigenvalue weighted by Gasteiger charge is -2.15. The number of alkyl halides is 6. The number of ether oxygens (including phenoxy) is 3. The molecule has 0 aromatic heterocycles. The van der Waals surface area contributed by atoms with Crippen LogP contribution in [-0.2, 0) is 20.4 Å². The molecule has 0 saturated carbocycles. The van der Waals surface area contributed by atoms with Crippen molar-refractivity contribution in [3.63, 3.8) is 0 Å². The van der Waals surface area contributed by atoms with Gasteiger partial charge in [-0.2, -0.15) is 26.3 Å². The van der Waals surface area contributed by atoms with E-state index in [0.717, 1.165) is 6.07 Å². The molecule has 5 nitrogen and oxygen atoms in total. The molecule has 0 atom stereocenters. The number of carbonyl (C=O) groups excluding carboxylic acids is 2. The monoisotopic (exact) mass is 414 g/mol. The highest BCUT2D eigenvalue weighted by Gasteiger charge is 2.37. The third kappa shape index (κ3) is 7.59. The quantitative estimate of drug-likeness (QED) is 0.288. The van der Waals surface area contributed by atoms with E-state index in [4.69, 9.17) is 9.47 Å². The van der Waals surface area contributed by atoms with Crippen molar-refractivity contribution >= 4 is 11.9 Å². The van der Waals surface area contributed by atoms with Crippen molar-refractivity contribution in [1.82, 2.24) is 0 Å². The first-order chi connectivity index (χ1) is 12.7. The van der Waals surface area contributed by atoms with Crippen molar-refractivity contribution in [2.45, 2.75) is 32.3 Å². The first kappa shape index (κ1) is 23.5. The molecule has 1 aromatic rings. The van der Waals surface area contributed by atoms with Gasteiger partial charge in [0.25, 0.3) is 0 Å². The maximum absolute atomic E-state index is 13.0. The standard InChI is InChI=1S/C17H16F6O5/c1-9(2)26-7-10(3)14(24)28-11-4-5-13(17(21,22)23)12(6-11)15(25)27-8-16(18,19)20/h4-6,9H,3,7-8H2,1-2H3. The summed E-state index contributed by atoms with van der Waals surface area (Å²) in [4.78, 5) is 23.6. The Morgan fingerprint density at radius 3 is 2.21 bits per heavy atom. The van der Waals surface area contributed by atoms with Gasteiger partial charge in [0.2, 0.25) is 0 Å². The number of benzene rings is 1. The van der Waals surface area contributed by atoms with E-state index in [1.54, 1.807) is 13.8 Å². The van der Waals surface area contributed by atoms with Crippen LogP contribution < -0.4 is 4.74 Å². The van der Waals surface area contributed by atoms with Crippen molar-refractivity contribution in [1.29, 1.82) is 0 Å². The van der Waals surface area contributed by atoms with Gasteiger partial charge in [-0.1, -0.05) is 6.58 Å². The largest absolute Gasteiger partial charge is 0.452 e. The summed E-state index contributed by atoms with van der Waals surface area (Å²) in [7, 11) is 0. The Morgan fingerprint density at radius 2 is 1.71 bits per heavy atom. The lowest BCUT2D eigenvalue weighted by atomic mass is 10.1. The highest BCUT2D eigenvalue weighted by Crippen LogP contribution is 2.34. The SMILES string of the molecule is C=C(COC(C)C)C(=O)Oc1ccc(C(F)(F)F)c(C(=O)OCC(F)(F)F)c1. The molecule has 11 heteroatoms. The molecule has 0 amide bonds. The average molecular weight is 414 g/mol. The molecule has 0 unspecified atom stereocenters. The molecule has 0 bridgehead atoms. The number of rotatable bonds is 7. The van der Waals surface area contributed by atoms with Gasteiger partial charge in [0.05, 0.1) is 29.4 Å². The van der Waals surface area contributed by atoms with Gasteiger partial charge in [-0.25, -0.2) is 9.59 Å². The van der Waals surface area contributed by atoms with E-state index in [2.05, 4.69) is 11.3 Å². The highest BCUT2D eigenvalue weighted by molar-refractivity contribution is 5.93. The van der Waals surface area contributed by atoms with Crippen LogP contribution in [0.2, 0.25) is 0 Å². The Kier molecular flexibility index (Phi) is 7.62. The van der Waals surface area contributed by atoms with E-state index in [-0.39, 0.29) is 18.3 Å². The van der Waals surface area contributed by atoms with Gasteiger partial charge >= 0.3 is 24.3 Å². The predicted molar refractivity (Wildman–Crippen MR) is 83.6 cm³/mol. The van der Waals surface area contributed by atoms with Crippen molar-refractivity contribution in [2.75, 3.05) is 13.2 Å². The van der Waals surface area contributed by atoms with E-state index in [1.807, 2.05) is 0 Å². The Labute approximate surface area is 155 Å². The van der Waals surface area contributed by atoms with Crippen LogP contribution in [0.3, 0.4) is 0 Å². The molecule has 0 N–H and O–H groups in total. The molecule has 1 aromatic carbocycles. The molecule has 0 aliphatic rings. The third-order valence-electron chi connectivity index (χ3n) is 2.97. The van der Waals surface area contributed by atoms with Crippen LogP contribution >= 0.6 is 0 Å². The molecule has 1 rings (SSSR count). The van der Waals surface area contributed by atoms with Gasteiger partial charge in [-0.3, -0.25) is 0 Å². The molecule has 28 heavy (non-hydrogen) atoms. The first-order valence-corrected chi connectivity index (χ1v) is 7.67. The zero-order valence-electron chi connectivity index (χ0n) is 14.7. The smallest absolute Gasteiger partial charge is 0.422 e. The second-order valence-corrected chi connectivity index (χ2v) is 5.75. The van der Waals surface area contributed by atoms with Gasteiger partial charge in [0, 0.05) is 0 Å². The van der Waals surface area contributed by atoms with E-state index in [0.29, 0.717) is 12.1 Å². The highest BCUT2D eigenvalue weighted by atomic mass is 19.4. The second-order valence-electron chi connectivity index (χ2n) is 5.75. The number of halogens is 6. The Morgan fingerprint density at radius 1 is 1.11 bits per heavy atom. The second kappa shape index (κ2) is 9.09. The molecule has 0 saturated heterocycles. The number of esters is 2. The van der Waals surface area contributed by atoms with Crippen LogP contribution in [0.25, 0.3) is 0 Å². The first-order valence-electron chi connectivity index (χ1n) is 7.67. The number of hydrogen-bond donors (Lipinski definition) is 0. The summed E-state index contributed by atoms with van der Waals surface area (Å²) < 4.78 is 89.3. The molecule has 0 spiro atoms. The summed E-state index contributed by atoms with van der Waals surface area (Å²) >= 11 is 0. The zero-order valence-corrected chi connectivity index (χ0v) is 14.7. The van der Waals surface area contributed by atoms with Crippen molar-refractivity contribution in [3.8, 4) is 5.75 Å². The van der Waals surface area contributed by atoms with Gasteiger partial charge in [0.15, 0.2) is 6.61 Å². The zero-order chi connectivity index (χ0) is 21.7. The summed E-state index contributed by atoms with van der Waals surface area (Å²) in [5.41, 5.74) is -2.93. The minimum absolute atomic E-state index is 0.158. The lowest BCUT2D eigenvalue weighted by Crippen LogP contribution is -2.22. The summed E-state index contributed by atoms with van der Waals surface area (Å²) in [6.45, 7) is 4.49. The maximum atomic E-state index is 13.0. The molecule has 0 fully saturated rings.